The van der Waals surface area contributed by atoms with Gasteiger partial charge in [0.05, 0.1) is 17.1 Å². The summed E-state index contributed by atoms with van der Waals surface area (Å²) in [7, 11) is 0. The van der Waals surface area contributed by atoms with Gasteiger partial charge in [0.15, 0.2) is 0 Å². The predicted molar refractivity (Wildman–Crippen MR) is 157 cm³/mol. The van der Waals surface area contributed by atoms with E-state index in [2.05, 4.69) is 45.9 Å². The van der Waals surface area contributed by atoms with Crippen molar-refractivity contribution in [3.05, 3.63) is 94.9 Å². The van der Waals surface area contributed by atoms with Crippen molar-refractivity contribution >= 4 is 27.8 Å². The molecule has 0 radical (unpaired) electrons. The van der Waals surface area contributed by atoms with Gasteiger partial charge in [-0.25, -0.2) is 13.8 Å². The van der Waals surface area contributed by atoms with Crippen LogP contribution in [0.25, 0.3) is 21.9 Å². The van der Waals surface area contributed by atoms with Gasteiger partial charge in [0.2, 0.25) is 0 Å². The summed E-state index contributed by atoms with van der Waals surface area (Å²) in [6.45, 7) is 4.04. The maximum Gasteiger partial charge on any atom is 0.251 e. The molecule has 1 aliphatic heterocycles. The van der Waals surface area contributed by atoms with Gasteiger partial charge < -0.3 is 16.0 Å². The molecular formula is C33H28F2N6O. The Bertz CT molecular complexity index is 1950. The fourth-order valence-corrected chi connectivity index (χ4v) is 5.34. The molecule has 4 heterocycles. The minimum Gasteiger partial charge on any atom is -0.366 e. The Kier molecular flexibility index (Phi) is 7.20. The van der Waals surface area contributed by atoms with Crippen molar-refractivity contribution in [2.24, 2.45) is 11.1 Å². The van der Waals surface area contributed by atoms with E-state index in [0.717, 1.165) is 55.1 Å². The molecule has 0 saturated carbocycles. The normalized spacial score (nSPS) is 17.3. The van der Waals surface area contributed by atoms with Crippen molar-refractivity contribution in [2.45, 2.75) is 32.2 Å². The van der Waals surface area contributed by atoms with E-state index in [-0.39, 0.29) is 23.0 Å². The number of aromatic nitrogens is 4. The number of aromatic amines is 1. The molecule has 2 atom stereocenters. The quantitative estimate of drug-likeness (QED) is 0.267. The van der Waals surface area contributed by atoms with Crippen LogP contribution in [0.15, 0.2) is 61.1 Å². The summed E-state index contributed by atoms with van der Waals surface area (Å²) in [4.78, 5) is 19.3. The van der Waals surface area contributed by atoms with Crippen LogP contribution in [0.5, 0.6) is 0 Å². The van der Waals surface area contributed by atoms with E-state index >= 15 is 4.39 Å². The summed E-state index contributed by atoms with van der Waals surface area (Å²) in [5.74, 6) is 11.0. The Morgan fingerprint density at radius 3 is 2.88 bits per heavy atom. The van der Waals surface area contributed by atoms with Crippen LogP contribution in [-0.4, -0.2) is 38.7 Å². The van der Waals surface area contributed by atoms with Crippen LogP contribution >= 0.6 is 0 Å². The molecule has 0 aliphatic carbocycles. The number of hydrogen-bond donors (Lipinski definition) is 3. The second kappa shape index (κ2) is 11.1. The highest BCUT2D eigenvalue weighted by atomic mass is 19.1. The molecule has 42 heavy (non-hydrogen) atoms. The zero-order valence-electron chi connectivity index (χ0n) is 23.0. The molecule has 4 N–H and O–H groups in total. The number of H-pyrrole nitrogens is 1. The highest BCUT2D eigenvalue weighted by Crippen LogP contribution is 2.28. The van der Waals surface area contributed by atoms with Crippen molar-refractivity contribution in [3.8, 4) is 23.7 Å². The maximum absolute atomic E-state index is 15.1. The number of hydrogen-bond acceptors (Lipinski definition) is 4. The molecule has 5 aromatic rings. The zero-order chi connectivity index (χ0) is 29.3. The Morgan fingerprint density at radius 1 is 1.19 bits per heavy atom. The first kappa shape index (κ1) is 27.2. The lowest BCUT2D eigenvalue weighted by Crippen LogP contribution is -2.36. The van der Waals surface area contributed by atoms with Crippen LogP contribution in [0, 0.1) is 40.7 Å². The van der Waals surface area contributed by atoms with Gasteiger partial charge in [0.25, 0.3) is 5.91 Å². The van der Waals surface area contributed by atoms with Crippen LogP contribution in [-0.2, 0) is 0 Å². The van der Waals surface area contributed by atoms with E-state index in [4.69, 9.17) is 10.8 Å². The summed E-state index contributed by atoms with van der Waals surface area (Å²) in [5, 5.41) is 9.62. The fourth-order valence-electron chi connectivity index (χ4n) is 5.34. The molecule has 6 rings (SSSR count). The summed E-state index contributed by atoms with van der Waals surface area (Å²) >= 11 is 0. The van der Waals surface area contributed by atoms with Gasteiger partial charge in [-0.2, -0.15) is 5.10 Å². The minimum absolute atomic E-state index is 0.0822. The number of halogens is 2. The SMILES string of the molecule is CC1(C#Cc2ccc3cn(C(CC#Cc4c(C(N)=O)cnc5[nH]ccc45)c4cc(F)ccc4F)nc3c2)CCCNC1. The number of nitrogens with one attached hydrogen (secondary N) is 2. The molecule has 2 unspecified atom stereocenters. The van der Waals surface area contributed by atoms with Crippen LogP contribution in [0.2, 0.25) is 0 Å². The molecule has 2 aromatic carbocycles. The smallest absolute Gasteiger partial charge is 0.251 e. The number of benzene rings is 2. The number of primary amides is 1. The Hall–Kier alpha value is -4.99. The second-order valence-electron chi connectivity index (χ2n) is 10.8. The van der Waals surface area contributed by atoms with Crippen molar-refractivity contribution in [1.29, 1.82) is 0 Å². The molecule has 1 aliphatic rings. The summed E-state index contributed by atoms with van der Waals surface area (Å²) < 4.78 is 31.0. The number of pyridine rings is 1. The average Bonchev–Trinajstić information content (AvgIpc) is 3.63. The molecule has 210 valence electrons. The Labute approximate surface area is 241 Å². The summed E-state index contributed by atoms with van der Waals surface area (Å²) in [6.07, 6.45) is 7.08. The first-order chi connectivity index (χ1) is 20.3. The third-order valence-electron chi connectivity index (χ3n) is 7.63. The maximum atomic E-state index is 15.1. The number of fused-ring (bicyclic) bond motifs is 2. The molecule has 3 aromatic heterocycles. The van der Waals surface area contributed by atoms with Gasteiger partial charge in [0.1, 0.15) is 17.3 Å². The number of amides is 1. The second-order valence-corrected chi connectivity index (χ2v) is 10.8. The number of rotatable bonds is 4. The Balaban J connectivity index is 1.38. The monoisotopic (exact) mass is 562 g/mol. The van der Waals surface area contributed by atoms with E-state index in [1.165, 1.54) is 6.20 Å². The molecule has 0 spiro atoms. The number of carbonyl (C=O) groups excluding carboxylic acids is 1. The molecule has 1 saturated heterocycles. The first-order valence-electron chi connectivity index (χ1n) is 13.7. The van der Waals surface area contributed by atoms with Gasteiger partial charge in [0, 0.05) is 64.4 Å². The van der Waals surface area contributed by atoms with E-state index in [1.54, 1.807) is 23.1 Å². The van der Waals surface area contributed by atoms with Crippen LogP contribution in [0.1, 0.15) is 59.3 Å². The third-order valence-corrected chi connectivity index (χ3v) is 7.63. The molecule has 1 amide bonds. The van der Waals surface area contributed by atoms with Crippen molar-refractivity contribution in [2.75, 3.05) is 13.1 Å². The number of nitrogens with zero attached hydrogens (tertiary/aromatic N) is 3. The lowest BCUT2D eigenvalue weighted by Gasteiger charge is -2.28. The van der Waals surface area contributed by atoms with Gasteiger partial charge in [-0.15, -0.1) is 0 Å². The Morgan fingerprint density at radius 2 is 2.07 bits per heavy atom. The number of piperidine rings is 1. The van der Waals surface area contributed by atoms with Crippen molar-refractivity contribution in [1.82, 2.24) is 25.1 Å². The van der Waals surface area contributed by atoms with Gasteiger partial charge in [-0.1, -0.05) is 23.7 Å². The van der Waals surface area contributed by atoms with Crippen LogP contribution < -0.4 is 11.1 Å². The van der Waals surface area contributed by atoms with Crippen LogP contribution in [0.3, 0.4) is 0 Å². The number of nitrogens with two attached hydrogens (primary N) is 1. The van der Waals surface area contributed by atoms with Crippen molar-refractivity contribution in [3.63, 3.8) is 0 Å². The highest BCUT2D eigenvalue weighted by molar-refractivity contribution is 6.00. The molecular weight excluding hydrogens is 534 g/mol. The molecule has 9 heteroatoms. The van der Waals surface area contributed by atoms with Gasteiger partial charge in [-0.3, -0.25) is 9.48 Å². The highest BCUT2D eigenvalue weighted by Gasteiger charge is 2.24. The minimum atomic E-state index is -0.747. The van der Waals surface area contributed by atoms with E-state index in [9.17, 15) is 9.18 Å². The lowest BCUT2D eigenvalue weighted by molar-refractivity contribution is 0.1000. The largest absolute Gasteiger partial charge is 0.366 e. The fraction of sp³-hybridized carbons (Fsp3) is 0.242. The van der Waals surface area contributed by atoms with Gasteiger partial charge >= 0.3 is 0 Å². The lowest BCUT2D eigenvalue weighted by atomic mass is 9.83. The summed E-state index contributed by atoms with van der Waals surface area (Å²) in [5.41, 5.74) is 8.28. The van der Waals surface area contributed by atoms with E-state index in [0.29, 0.717) is 22.1 Å². The molecule has 7 nitrogen and oxygen atoms in total. The molecule has 1 fully saturated rings. The summed E-state index contributed by atoms with van der Waals surface area (Å²) in [6, 6.07) is 10.1. The third kappa shape index (κ3) is 5.47. The topological polar surface area (TPSA) is 102 Å². The van der Waals surface area contributed by atoms with Crippen molar-refractivity contribution < 1.29 is 13.6 Å². The van der Waals surface area contributed by atoms with Crippen LogP contribution in [0.4, 0.5) is 8.78 Å². The average molecular weight is 563 g/mol. The van der Waals surface area contributed by atoms with E-state index < -0.39 is 23.6 Å². The first-order valence-corrected chi connectivity index (χ1v) is 13.7. The molecule has 0 bridgehead atoms. The standard InChI is InChI=1S/C33H28F2N6O/c1-33(12-3-14-37-20-33)13-10-21-6-7-22-19-41(40-29(22)16-21)30(26-17-23(34)8-9-28(26)35)5-2-4-24-25-11-15-38-32(25)39-18-27(24)31(36)42/h6-9,11,15-19,30,37H,3,5,12,14,20H2,1H3,(H2,36,42)(H,38,39). The zero-order valence-corrected chi connectivity index (χ0v) is 23.0. The predicted octanol–water partition coefficient (Wildman–Crippen LogP) is 5.06. The number of carbonyl (C=O) groups is 1. The van der Waals surface area contributed by atoms with Gasteiger partial charge in [-0.05, 0) is 68.8 Å². The van der Waals surface area contributed by atoms with E-state index in [1.807, 2.05) is 18.2 Å².